The number of thiophene rings is 1. The molecule has 1 fully saturated rings. The maximum absolute atomic E-state index is 13.4. The minimum absolute atomic E-state index is 0.0204. The first-order valence-electron chi connectivity index (χ1n) is 13.2. The number of hydrogen-bond donors (Lipinski definition) is 4. The topological polar surface area (TPSA) is 262 Å². The second-order valence-electron chi connectivity index (χ2n) is 9.33. The molecule has 0 aliphatic carbocycles. The summed E-state index contributed by atoms with van der Waals surface area (Å²) in [4.78, 5) is 69.8. The number of thioether (sulfide) groups is 1. The van der Waals surface area contributed by atoms with Gasteiger partial charge in [-0.15, -0.1) is 41.8 Å². The SMILES string of the molecule is COOP(=O)(OOC)C(O)(CCNC(=O)OCC1=C(C(=O)O)N2C(=O)[C@](NC(=O)Cc3cccs3)(OC)[C@@H]2SC1)P(=O)(OOC)OOC. The van der Waals surface area contributed by atoms with Crippen molar-refractivity contribution in [3.05, 3.63) is 33.7 Å². The molecule has 1 saturated heterocycles. The number of alkyl carbamates (subject to hydrolysis) is 1. The number of ether oxygens (including phenoxy) is 2. The Labute approximate surface area is 280 Å². The first-order valence-corrected chi connectivity index (χ1v) is 18.3. The quantitative estimate of drug-likeness (QED) is 0.0481. The summed E-state index contributed by atoms with van der Waals surface area (Å²) in [7, 11) is -5.68. The number of nitrogens with zero attached hydrogens (tertiary/aromatic N) is 1. The van der Waals surface area contributed by atoms with Gasteiger partial charge < -0.3 is 30.3 Å². The van der Waals surface area contributed by atoms with E-state index < -0.39 is 80.5 Å². The summed E-state index contributed by atoms with van der Waals surface area (Å²) < 4.78 is 55.4. The Balaban J connectivity index is 1.72. The van der Waals surface area contributed by atoms with Gasteiger partial charge in [0.1, 0.15) is 17.7 Å². The zero-order valence-electron chi connectivity index (χ0n) is 25.9. The van der Waals surface area contributed by atoms with Crippen LogP contribution in [0, 0.1) is 0 Å². The minimum atomic E-state index is -5.19. The Kier molecular flexibility index (Phi) is 14.1. The van der Waals surface area contributed by atoms with Crippen LogP contribution < -0.4 is 10.6 Å². The van der Waals surface area contributed by atoms with E-state index in [1.54, 1.807) is 17.5 Å². The van der Waals surface area contributed by atoms with Crippen molar-refractivity contribution in [2.45, 2.75) is 29.0 Å². The normalized spacial score (nSPS) is 19.8. The van der Waals surface area contributed by atoms with Crippen LogP contribution in [0.5, 0.6) is 0 Å². The van der Waals surface area contributed by atoms with Crippen molar-refractivity contribution in [3.8, 4) is 0 Å². The fourth-order valence-corrected chi connectivity index (χ4v) is 10.3. The van der Waals surface area contributed by atoms with Crippen LogP contribution in [0.25, 0.3) is 0 Å². The number of aliphatic hydroxyl groups is 1. The van der Waals surface area contributed by atoms with Crippen molar-refractivity contribution >= 4 is 62.2 Å². The third-order valence-electron chi connectivity index (χ3n) is 6.55. The molecular formula is C23H33N3O18P2S2. The van der Waals surface area contributed by atoms with Crippen LogP contribution in [0.1, 0.15) is 11.3 Å². The Morgan fingerprint density at radius 3 is 2.10 bits per heavy atom. The van der Waals surface area contributed by atoms with Gasteiger partial charge in [0.05, 0.1) is 34.9 Å². The molecule has 0 aromatic carbocycles. The molecule has 4 N–H and O–H groups in total. The highest BCUT2D eigenvalue weighted by molar-refractivity contribution is 8.00. The second kappa shape index (κ2) is 17.0. The van der Waals surface area contributed by atoms with E-state index in [-0.39, 0.29) is 17.7 Å². The molecule has 3 amide bonds. The lowest BCUT2D eigenvalue weighted by molar-refractivity contribution is -0.264. The molecular weight excluding hydrogens is 732 g/mol. The summed E-state index contributed by atoms with van der Waals surface area (Å²) in [6.45, 7) is -1.32. The van der Waals surface area contributed by atoms with Crippen LogP contribution in [-0.2, 0) is 77.7 Å². The molecule has 21 nitrogen and oxygen atoms in total. The molecule has 2 atom stereocenters. The molecule has 0 saturated carbocycles. The van der Waals surface area contributed by atoms with E-state index in [1.165, 1.54) is 18.4 Å². The monoisotopic (exact) mass is 765 g/mol. The summed E-state index contributed by atoms with van der Waals surface area (Å²) in [6, 6.07) is 3.51. The largest absolute Gasteiger partial charge is 0.477 e. The summed E-state index contributed by atoms with van der Waals surface area (Å²) >= 11 is 2.41. The van der Waals surface area contributed by atoms with Gasteiger partial charge in [0, 0.05) is 36.3 Å². The van der Waals surface area contributed by atoms with E-state index in [0.29, 0.717) is 0 Å². The molecule has 0 bridgehead atoms. The fourth-order valence-electron chi connectivity index (χ4n) is 4.49. The van der Waals surface area contributed by atoms with Gasteiger partial charge in [-0.05, 0) is 11.4 Å². The standard InChI is InChI=1S/C23H33N3O18P2S2/c1-35-23(25-16(27)11-15-7-6-10-47-15)19(30)26-17(18(28)29)14(13-48-20(23)26)12-40-21(31)24-9-8-22(32,45(33,41-36-2)42-37-3)46(34,43-38-4)44-39-5/h6-7,10,20,32H,8-9,11-13H2,1-5H3,(H,24,31)(H,25,27)(H,28,29)/t20-,23-/m0/s1. The van der Waals surface area contributed by atoms with E-state index in [1.807, 2.05) is 0 Å². The van der Waals surface area contributed by atoms with Crippen LogP contribution in [0.4, 0.5) is 4.79 Å². The lowest BCUT2D eigenvalue weighted by Crippen LogP contribution is -2.80. The lowest BCUT2D eigenvalue weighted by atomic mass is 9.98. The smallest absolute Gasteiger partial charge is 0.428 e. The fraction of sp³-hybridized carbons (Fsp3) is 0.565. The Morgan fingerprint density at radius 2 is 1.62 bits per heavy atom. The predicted molar refractivity (Wildman–Crippen MR) is 160 cm³/mol. The summed E-state index contributed by atoms with van der Waals surface area (Å²) in [5.74, 6) is -2.91. The maximum Gasteiger partial charge on any atom is 0.428 e. The van der Waals surface area contributed by atoms with E-state index in [4.69, 9.17) is 9.47 Å². The van der Waals surface area contributed by atoms with Crippen LogP contribution in [0.2, 0.25) is 0 Å². The highest BCUT2D eigenvalue weighted by atomic mass is 32.2. The van der Waals surface area contributed by atoms with Gasteiger partial charge in [0.15, 0.2) is 0 Å². The molecule has 0 unspecified atom stereocenters. The summed E-state index contributed by atoms with van der Waals surface area (Å²) in [5.41, 5.74) is -2.27. The number of fused-ring (bicyclic) bond motifs is 1. The van der Waals surface area contributed by atoms with Gasteiger partial charge in [-0.25, -0.2) is 29.1 Å². The number of aliphatic carboxylic acids is 1. The van der Waals surface area contributed by atoms with Gasteiger partial charge in [0.25, 0.3) is 16.7 Å². The van der Waals surface area contributed by atoms with Gasteiger partial charge in [0.2, 0.25) is 5.91 Å². The first-order chi connectivity index (χ1) is 22.7. The van der Waals surface area contributed by atoms with Gasteiger partial charge >= 0.3 is 27.3 Å². The minimum Gasteiger partial charge on any atom is -0.477 e. The molecule has 270 valence electrons. The number of β-lactam (4-membered cyclic amide) rings is 1. The third kappa shape index (κ3) is 7.95. The Bertz CT molecular complexity index is 1410. The van der Waals surface area contributed by atoms with Crippen LogP contribution in [-0.4, -0.2) is 110 Å². The number of carbonyl (C=O) groups is 4. The number of carbonyl (C=O) groups excluding carboxylic acids is 3. The second-order valence-corrected chi connectivity index (χ2v) is 15.8. The van der Waals surface area contributed by atoms with Gasteiger partial charge in [-0.1, -0.05) is 6.07 Å². The Morgan fingerprint density at radius 1 is 1.04 bits per heavy atom. The molecule has 0 spiro atoms. The van der Waals surface area contributed by atoms with E-state index in [2.05, 4.69) is 48.9 Å². The highest BCUT2D eigenvalue weighted by Crippen LogP contribution is 2.78. The van der Waals surface area contributed by atoms with Crippen molar-refractivity contribution < 1.29 is 86.2 Å². The van der Waals surface area contributed by atoms with Crippen LogP contribution in [0.15, 0.2) is 28.8 Å². The number of carboxylic acid groups (broad SMARTS) is 1. The van der Waals surface area contributed by atoms with Crippen molar-refractivity contribution in [1.29, 1.82) is 0 Å². The number of nitrogens with one attached hydrogen (secondary N) is 2. The Hall–Kier alpha value is -2.47. The molecule has 2 aliphatic heterocycles. The number of methoxy groups -OCH3 is 1. The average Bonchev–Trinajstić information content (AvgIpc) is 3.55. The van der Waals surface area contributed by atoms with Crippen molar-refractivity contribution in [2.75, 3.05) is 54.5 Å². The molecule has 48 heavy (non-hydrogen) atoms. The summed E-state index contributed by atoms with van der Waals surface area (Å²) in [5, 5.41) is 23.5. The zero-order valence-corrected chi connectivity index (χ0v) is 29.4. The molecule has 3 rings (SSSR count). The van der Waals surface area contributed by atoms with Crippen molar-refractivity contribution in [1.82, 2.24) is 15.5 Å². The van der Waals surface area contributed by atoms with Crippen LogP contribution >= 0.6 is 38.3 Å². The maximum atomic E-state index is 13.4. The molecule has 0 radical (unpaired) electrons. The van der Waals surface area contributed by atoms with Crippen molar-refractivity contribution in [2.24, 2.45) is 0 Å². The van der Waals surface area contributed by atoms with E-state index in [0.717, 1.165) is 50.0 Å². The van der Waals surface area contributed by atoms with E-state index in [9.17, 15) is 38.5 Å². The highest BCUT2D eigenvalue weighted by Gasteiger charge is 2.69. The van der Waals surface area contributed by atoms with Crippen molar-refractivity contribution in [3.63, 3.8) is 0 Å². The molecule has 1 aromatic rings. The van der Waals surface area contributed by atoms with Gasteiger partial charge in [-0.2, -0.15) is 0 Å². The first kappa shape index (κ1) is 40.0. The summed E-state index contributed by atoms with van der Waals surface area (Å²) in [6.07, 6.45) is -2.21. The zero-order chi connectivity index (χ0) is 35.8. The number of rotatable bonds is 20. The predicted octanol–water partition coefficient (Wildman–Crippen LogP) is 1.46. The third-order valence-corrected chi connectivity index (χ3v) is 13.9. The number of carboxylic acids is 1. The number of hydrogen-bond acceptors (Lipinski definition) is 19. The molecule has 25 heteroatoms. The number of amides is 3. The lowest BCUT2D eigenvalue weighted by Gasteiger charge is -2.55. The van der Waals surface area contributed by atoms with Crippen LogP contribution in [0.3, 0.4) is 0 Å². The molecule has 2 aliphatic rings. The average molecular weight is 766 g/mol. The van der Waals surface area contributed by atoms with E-state index >= 15 is 0 Å². The molecule has 1 aromatic heterocycles. The molecule has 3 heterocycles. The van der Waals surface area contributed by atoms with Gasteiger partial charge in [-0.3, -0.25) is 23.6 Å².